The molecule has 0 aromatic heterocycles. The fraction of sp³-hybridized carbons (Fsp3) is 0.826. The second-order valence-corrected chi connectivity index (χ2v) is 22.5. The Labute approximate surface area is 496 Å². The van der Waals surface area contributed by atoms with Gasteiger partial charge in [-0.1, -0.05) is 211 Å². The number of esters is 2. The Morgan fingerprint density at radius 1 is 0.432 bits per heavy atom. The minimum Gasteiger partial charge on any atom is -0.466 e. The third-order valence-corrected chi connectivity index (χ3v) is 15.0. The number of piperidine rings is 1. The summed E-state index contributed by atoms with van der Waals surface area (Å²) in [6, 6.07) is 0. The minimum atomic E-state index is -0.619. The van der Waals surface area contributed by atoms with Gasteiger partial charge < -0.3 is 38.2 Å². The average Bonchev–Trinajstić information content (AvgIpc) is 3.47. The van der Waals surface area contributed by atoms with Gasteiger partial charge in [-0.25, -0.2) is 9.59 Å². The van der Waals surface area contributed by atoms with Gasteiger partial charge in [-0.15, -0.1) is 0 Å². The van der Waals surface area contributed by atoms with Gasteiger partial charge in [0.25, 0.3) is 0 Å². The van der Waals surface area contributed by atoms with Crippen molar-refractivity contribution in [2.24, 2.45) is 0 Å². The van der Waals surface area contributed by atoms with Crippen LogP contribution in [0, 0.1) is 23.7 Å². The molecule has 1 heterocycles. The number of carbonyl (C=O) groups is 4. The molecule has 0 radical (unpaired) electrons. The molecular weight excluding hydrogens is 1020 g/mol. The van der Waals surface area contributed by atoms with Crippen LogP contribution in [0.15, 0.2) is 24.3 Å². The first kappa shape index (κ1) is 75.0. The van der Waals surface area contributed by atoms with E-state index in [9.17, 15) is 19.2 Å². The van der Waals surface area contributed by atoms with E-state index in [4.69, 9.17) is 28.4 Å². The van der Waals surface area contributed by atoms with Gasteiger partial charge in [-0.2, -0.15) is 0 Å². The first-order valence-electron chi connectivity index (χ1n) is 33.4. The maximum absolute atomic E-state index is 12.8. The van der Waals surface area contributed by atoms with Crippen molar-refractivity contribution in [3.8, 4) is 23.7 Å². The minimum absolute atomic E-state index is 0.0845. The summed E-state index contributed by atoms with van der Waals surface area (Å²) in [7, 11) is 0. The highest BCUT2D eigenvalue weighted by Gasteiger charge is 2.18. The summed E-state index contributed by atoms with van der Waals surface area (Å²) >= 11 is 0. The predicted molar refractivity (Wildman–Crippen MR) is 333 cm³/mol. The number of allylic oxidation sites excluding steroid dienone is 2. The van der Waals surface area contributed by atoms with E-state index in [0.29, 0.717) is 52.0 Å². The monoisotopic (exact) mass is 1140 g/mol. The van der Waals surface area contributed by atoms with Crippen molar-refractivity contribution in [2.45, 2.75) is 303 Å². The molecule has 1 fully saturated rings. The van der Waals surface area contributed by atoms with Crippen molar-refractivity contribution in [2.75, 3.05) is 65.7 Å². The third kappa shape index (κ3) is 52.5. The zero-order valence-corrected chi connectivity index (χ0v) is 52.5. The molecule has 0 saturated carbocycles. The van der Waals surface area contributed by atoms with E-state index in [-0.39, 0.29) is 37.4 Å². The molecule has 0 spiro atoms. The first-order chi connectivity index (χ1) is 39.8. The molecule has 2 atom stereocenters. The number of nitrogens with zero attached hydrogens (tertiary/aromatic N) is 2. The first-order valence-corrected chi connectivity index (χ1v) is 33.4. The van der Waals surface area contributed by atoms with E-state index in [1.54, 1.807) is 0 Å². The molecule has 1 aliphatic rings. The van der Waals surface area contributed by atoms with Gasteiger partial charge in [0.2, 0.25) is 0 Å². The summed E-state index contributed by atoms with van der Waals surface area (Å²) in [5, 5.41) is 0. The Bertz CT molecular complexity index is 1560. The van der Waals surface area contributed by atoms with Crippen LogP contribution in [0.2, 0.25) is 0 Å². The van der Waals surface area contributed by atoms with E-state index in [2.05, 4.69) is 85.5 Å². The van der Waals surface area contributed by atoms with E-state index in [1.807, 2.05) is 0 Å². The molecular formula is C69H120N2O10. The van der Waals surface area contributed by atoms with Crippen LogP contribution < -0.4 is 0 Å². The van der Waals surface area contributed by atoms with E-state index >= 15 is 0 Å². The molecule has 0 amide bonds. The molecule has 12 heteroatoms. The number of hydrogen-bond donors (Lipinski definition) is 0. The highest BCUT2D eigenvalue weighted by atomic mass is 16.7. The number of rotatable bonds is 53. The van der Waals surface area contributed by atoms with E-state index in [1.165, 1.54) is 83.5 Å². The molecule has 0 aliphatic carbocycles. The van der Waals surface area contributed by atoms with E-state index < -0.39 is 12.3 Å². The third-order valence-electron chi connectivity index (χ3n) is 15.0. The highest BCUT2D eigenvalue weighted by molar-refractivity contribution is 5.70. The van der Waals surface area contributed by atoms with Gasteiger partial charge in [0.1, 0.15) is 12.2 Å². The van der Waals surface area contributed by atoms with Crippen LogP contribution >= 0.6 is 0 Å². The smallest absolute Gasteiger partial charge is 0.466 e. The van der Waals surface area contributed by atoms with Gasteiger partial charge in [0.15, 0.2) is 13.2 Å². The zero-order valence-electron chi connectivity index (χ0n) is 52.5. The highest BCUT2D eigenvalue weighted by Crippen LogP contribution is 2.17. The van der Waals surface area contributed by atoms with Crippen molar-refractivity contribution >= 4 is 24.2 Å². The lowest BCUT2D eigenvalue weighted by molar-refractivity contribution is -0.144. The summed E-state index contributed by atoms with van der Waals surface area (Å²) < 4.78 is 33.2. The van der Waals surface area contributed by atoms with Crippen molar-refractivity contribution < 1.29 is 47.6 Å². The van der Waals surface area contributed by atoms with Gasteiger partial charge >= 0.3 is 24.2 Å². The second-order valence-electron chi connectivity index (χ2n) is 22.5. The van der Waals surface area contributed by atoms with Gasteiger partial charge in [-0.3, -0.25) is 9.59 Å². The zero-order chi connectivity index (χ0) is 58.6. The Balaban J connectivity index is 2.27. The van der Waals surface area contributed by atoms with Crippen LogP contribution in [0.3, 0.4) is 0 Å². The summed E-state index contributed by atoms with van der Waals surface area (Å²) in [6.45, 7) is 15.0. The Morgan fingerprint density at radius 2 is 0.827 bits per heavy atom. The molecule has 1 saturated heterocycles. The van der Waals surface area contributed by atoms with Crippen LogP contribution in [0.25, 0.3) is 0 Å². The Kier molecular flexibility index (Phi) is 54.8. The molecule has 1 aliphatic heterocycles. The Hall–Kier alpha value is -4.00. The van der Waals surface area contributed by atoms with Crippen LogP contribution in [0.1, 0.15) is 291 Å². The lowest BCUT2D eigenvalue weighted by atomic mass is 10.1. The van der Waals surface area contributed by atoms with Crippen LogP contribution in [-0.2, 0) is 38.0 Å². The number of ether oxygens (including phenoxy) is 6. The predicted octanol–water partition coefficient (Wildman–Crippen LogP) is 17.9. The maximum Gasteiger partial charge on any atom is 0.509 e. The molecule has 466 valence electrons. The standard InChI is InChI=1S/C69H120N2O10/c1-5-9-13-17-27-35-46-62-78-68(74)80-64(48-38-15-11-7-3)50-40-31-25-21-19-23-29-33-44-60-76-66(72)52-56-71(59-58-70-54-42-37-43-55-70)57-53-67(73)77-61-45-34-30-24-20-22-26-32-41-51-65(49-39-16-12-8-4)81-69(75)79-63-47-36-28-18-14-10-6-2/h31-32,40-41,64-65H,5-30,33-34,37-39,42-45,48-63H2,1-4H3/b40-31-,41-32-. The molecule has 0 N–H and O–H groups in total. The van der Waals surface area contributed by atoms with Crippen LogP contribution in [0.5, 0.6) is 0 Å². The number of carbonyl (C=O) groups excluding carboxylic acids is 4. The second kappa shape index (κ2) is 59.2. The van der Waals surface area contributed by atoms with Crippen molar-refractivity contribution in [3.05, 3.63) is 24.3 Å². The lowest BCUT2D eigenvalue weighted by Crippen LogP contribution is -2.39. The van der Waals surface area contributed by atoms with Crippen molar-refractivity contribution in [3.63, 3.8) is 0 Å². The SMILES string of the molecule is CCCCCCC#CCOC(=O)OC(C/C=C\CCCCCCCCOC(=O)CCN(CCC(=O)OCCCCCCCC/C=C\CC(CCCCCC)OC(=O)OCC#CCCCCCC)CCN1CCCCC1)CCCCCC. The molecule has 2 unspecified atom stereocenters. The summed E-state index contributed by atoms with van der Waals surface area (Å²) in [4.78, 5) is 55.0. The van der Waals surface area contributed by atoms with Gasteiger partial charge in [0.05, 0.1) is 26.1 Å². The fourth-order valence-corrected chi connectivity index (χ4v) is 9.83. The van der Waals surface area contributed by atoms with Crippen molar-refractivity contribution in [1.29, 1.82) is 0 Å². The average molecular weight is 1140 g/mol. The maximum atomic E-state index is 12.8. The lowest BCUT2D eigenvalue weighted by Gasteiger charge is -2.29. The quantitative estimate of drug-likeness (QED) is 0.0189. The van der Waals surface area contributed by atoms with Crippen LogP contribution in [-0.4, -0.2) is 112 Å². The molecule has 0 bridgehead atoms. The molecule has 0 aromatic rings. The Morgan fingerprint density at radius 3 is 1.26 bits per heavy atom. The normalized spacial score (nSPS) is 13.3. The van der Waals surface area contributed by atoms with Gasteiger partial charge in [-0.05, 0) is 103 Å². The number of hydrogen-bond acceptors (Lipinski definition) is 12. The molecule has 1 rings (SSSR count). The summed E-state index contributed by atoms with van der Waals surface area (Å²) in [5.74, 6) is 11.7. The molecule has 81 heavy (non-hydrogen) atoms. The molecule has 12 nitrogen and oxygen atoms in total. The summed E-state index contributed by atoms with van der Waals surface area (Å²) in [6.07, 6.45) is 49.9. The van der Waals surface area contributed by atoms with E-state index in [0.717, 1.165) is 180 Å². The van der Waals surface area contributed by atoms with Crippen molar-refractivity contribution in [1.82, 2.24) is 9.80 Å². The summed E-state index contributed by atoms with van der Waals surface area (Å²) in [5.41, 5.74) is 0. The largest absolute Gasteiger partial charge is 0.509 e. The number of likely N-dealkylation sites (tertiary alicyclic amines) is 1. The fourth-order valence-electron chi connectivity index (χ4n) is 9.83. The number of unbranched alkanes of at least 4 members (excludes halogenated alkanes) is 26. The van der Waals surface area contributed by atoms with Gasteiger partial charge in [0, 0.05) is 51.9 Å². The topological polar surface area (TPSA) is 130 Å². The van der Waals surface area contributed by atoms with Crippen LogP contribution in [0.4, 0.5) is 9.59 Å². The molecule has 0 aromatic carbocycles.